The molecule has 1 atom stereocenters. The Morgan fingerprint density at radius 1 is 1.69 bits per heavy atom. The van der Waals surface area contributed by atoms with Crippen molar-refractivity contribution in [2.24, 2.45) is 18.9 Å². The molecule has 1 aromatic heterocycles. The zero-order chi connectivity index (χ0) is 9.42. The second kappa shape index (κ2) is 2.98. The summed E-state index contributed by atoms with van der Waals surface area (Å²) < 4.78 is 1.65. The Balaban J connectivity index is 2.16. The van der Waals surface area contributed by atoms with Crippen molar-refractivity contribution in [1.29, 1.82) is 0 Å². The van der Waals surface area contributed by atoms with Crippen LogP contribution in [0.25, 0.3) is 0 Å². The smallest absolute Gasteiger partial charge is 0.183 e. The van der Waals surface area contributed by atoms with Gasteiger partial charge < -0.3 is 0 Å². The number of carbonyl (C=O) groups is 1. The van der Waals surface area contributed by atoms with E-state index in [1.165, 1.54) is 12.8 Å². The molecule has 0 amide bonds. The Labute approximate surface area is 77.7 Å². The molecular weight excluding hydrogens is 164 g/mol. The van der Waals surface area contributed by atoms with Crippen molar-refractivity contribution in [3.8, 4) is 0 Å². The zero-order valence-electron chi connectivity index (χ0n) is 8.03. The minimum absolute atomic E-state index is 0.176. The third-order valence-corrected chi connectivity index (χ3v) is 2.82. The summed E-state index contributed by atoms with van der Waals surface area (Å²) in [6, 6.07) is 1.79. The number of ketones is 1. The fourth-order valence-electron chi connectivity index (χ4n) is 1.66. The maximum atomic E-state index is 11.8. The lowest BCUT2D eigenvalue weighted by atomic mass is 9.99. The molecule has 0 aliphatic heterocycles. The molecule has 2 rings (SSSR count). The van der Waals surface area contributed by atoms with Gasteiger partial charge in [0.2, 0.25) is 0 Å². The van der Waals surface area contributed by atoms with Gasteiger partial charge in [0, 0.05) is 19.2 Å². The SMILES string of the molecule is CC(C(=O)c1ccnn1C)C1CC1. The van der Waals surface area contributed by atoms with Gasteiger partial charge in [-0.25, -0.2) is 0 Å². The van der Waals surface area contributed by atoms with Gasteiger partial charge >= 0.3 is 0 Å². The number of hydrogen-bond acceptors (Lipinski definition) is 2. The Morgan fingerprint density at radius 3 is 2.85 bits per heavy atom. The van der Waals surface area contributed by atoms with E-state index in [1.807, 2.05) is 14.0 Å². The van der Waals surface area contributed by atoms with Gasteiger partial charge in [0.15, 0.2) is 5.78 Å². The zero-order valence-corrected chi connectivity index (χ0v) is 8.03. The summed E-state index contributed by atoms with van der Waals surface area (Å²) >= 11 is 0. The highest BCUT2D eigenvalue weighted by Gasteiger charge is 2.33. The molecule has 1 aliphatic rings. The van der Waals surface area contributed by atoms with E-state index in [0.29, 0.717) is 5.92 Å². The number of aryl methyl sites for hydroxylation is 1. The Bertz CT molecular complexity index is 325. The summed E-state index contributed by atoms with van der Waals surface area (Å²) in [7, 11) is 1.81. The summed E-state index contributed by atoms with van der Waals surface area (Å²) in [6.45, 7) is 2.02. The molecule has 1 aromatic rings. The quantitative estimate of drug-likeness (QED) is 0.659. The summed E-state index contributed by atoms with van der Waals surface area (Å²) in [6.07, 6.45) is 4.10. The van der Waals surface area contributed by atoms with Crippen molar-refractivity contribution in [2.45, 2.75) is 19.8 Å². The number of carbonyl (C=O) groups excluding carboxylic acids is 1. The number of Topliss-reactive ketones (excluding diaryl/α,β-unsaturated/α-hetero) is 1. The topological polar surface area (TPSA) is 34.9 Å². The molecule has 0 N–H and O–H groups in total. The van der Waals surface area contributed by atoms with Gasteiger partial charge in [0.25, 0.3) is 0 Å². The van der Waals surface area contributed by atoms with E-state index in [4.69, 9.17) is 0 Å². The second-order valence-corrected chi connectivity index (χ2v) is 3.83. The van der Waals surface area contributed by atoms with E-state index in [-0.39, 0.29) is 11.7 Å². The average molecular weight is 178 g/mol. The third-order valence-electron chi connectivity index (χ3n) is 2.82. The molecule has 0 saturated heterocycles. The van der Waals surface area contributed by atoms with Gasteiger partial charge in [0.1, 0.15) is 5.69 Å². The Kier molecular flexibility index (Phi) is 1.94. The first-order valence-corrected chi connectivity index (χ1v) is 4.72. The van der Waals surface area contributed by atoms with Gasteiger partial charge in [0.05, 0.1) is 0 Å². The third kappa shape index (κ3) is 1.50. The van der Waals surface area contributed by atoms with Crippen molar-refractivity contribution in [3.63, 3.8) is 0 Å². The van der Waals surface area contributed by atoms with Gasteiger partial charge in [-0.15, -0.1) is 0 Å². The first-order chi connectivity index (χ1) is 6.20. The highest BCUT2D eigenvalue weighted by atomic mass is 16.1. The molecule has 0 spiro atoms. The molecule has 0 bridgehead atoms. The lowest BCUT2D eigenvalue weighted by Crippen LogP contribution is -2.16. The summed E-state index contributed by atoms with van der Waals surface area (Å²) in [5.41, 5.74) is 0.736. The summed E-state index contributed by atoms with van der Waals surface area (Å²) in [5, 5.41) is 4.00. The highest BCUT2D eigenvalue weighted by molar-refractivity contribution is 5.96. The molecular formula is C10H14N2O. The standard InChI is InChI=1S/C10H14N2O/c1-7(8-3-4-8)10(13)9-5-6-11-12(9)2/h5-8H,3-4H2,1-2H3. The average Bonchev–Trinajstić information content (AvgIpc) is 2.87. The van der Waals surface area contributed by atoms with Crippen LogP contribution in [0.15, 0.2) is 12.3 Å². The number of hydrogen-bond donors (Lipinski definition) is 0. The number of nitrogens with zero attached hydrogens (tertiary/aromatic N) is 2. The Hall–Kier alpha value is -1.12. The molecule has 1 unspecified atom stereocenters. The highest BCUT2D eigenvalue weighted by Crippen LogP contribution is 2.37. The molecule has 13 heavy (non-hydrogen) atoms. The monoisotopic (exact) mass is 178 g/mol. The van der Waals surface area contributed by atoms with E-state index >= 15 is 0 Å². The lowest BCUT2D eigenvalue weighted by Gasteiger charge is -2.08. The Morgan fingerprint density at radius 2 is 2.38 bits per heavy atom. The van der Waals surface area contributed by atoms with Crippen LogP contribution in [0.1, 0.15) is 30.3 Å². The van der Waals surface area contributed by atoms with E-state index in [2.05, 4.69) is 5.10 Å². The molecule has 3 nitrogen and oxygen atoms in total. The second-order valence-electron chi connectivity index (χ2n) is 3.83. The molecule has 1 aliphatic carbocycles. The molecule has 1 saturated carbocycles. The maximum Gasteiger partial charge on any atom is 0.183 e. The fraction of sp³-hybridized carbons (Fsp3) is 0.600. The summed E-state index contributed by atoms with van der Waals surface area (Å²) in [4.78, 5) is 11.8. The van der Waals surface area contributed by atoms with Crippen molar-refractivity contribution in [2.75, 3.05) is 0 Å². The van der Waals surface area contributed by atoms with Gasteiger partial charge in [-0.1, -0.05) is 6.92 Å². The largest absolute Gasteiger partial charge is 0.292 e. The van der Waals surface area contributed by atoms with Crippen molar-refractivity contribution < 1.29 is 4.79 Å². The van der Waals surface area contributed by atoms with E-state index < -0.39 is 0 Å². The van der Waals surface area contributed by atoms with Crippen LogP contribution in [0, 0.1) is 11.8 Å². The van der Waals surface area contributed by atoms with Crippen LogP contribution in [0.3, 0.4) is 0 Å². The van der Waals surface area contributed by atoms with Crippen molar-refractivity contribution >= 4 is 5.78 Å². The molecule has 1 fully saturated rings. The fourth-order valence-corrected chi connectivity index (χ4v) is 1.66. The minimum Gasteiger partial charge on any atom is -0.292 e. The number of rotatable bonds is 3. The molecule has 0 radical (unpaired) electrons. The van der Waals surface area contributed by atoms with Crippen LogP contribution in [-0.2, 0) is 7.05 Å². The molecule has 70 valence electrons. The van der Waals surface area contributed by atoms with Crippen LogP contribution >= 0.6 is 0 Å². The van der Waals surface area contributed by atoms with Gasteiger partial charge in [-0.2, -0.15) is 5.10 Å². The van der Waals surface area contributed by atoms with Gasteiger partial charge in [-0.05, 0) is 24.8 Å². The van der Waals surface area contributed by atoms with Crippen molar-refractivity contribution in [1.82, 2.24) is 9.78 Å². The van der Waals surface area contributed by atoms with Gasteiger partial charge in [-0.3, -0.25) is 9.48 Å². The molecule has 3 heteroatoms. The number of aromatic nitrogens is 2. The molecule has 1 heterocycles. The first kappa shape index (κ1) is 8.48. The van der Waals surface area contributed by atoms with E-state index in [9.17, 15) is 4.79 Å². The normalized spacial score (nSPS) is 18.6. The summed E-state index contributed by atoms with van der Waals surface area (Å²) in [5.74, 6) is 1.04. The van der Waals surface area contributed by atoms with Crippen LogP contribution in [0.4, 0.5) is 0 Å². The predicted octanol–water partition coefficient (Wildman–Crippen LogP) is 1.65. The first-order valence-electron chi connectivity index (χ1n) is 4.72. The predicted molar refractivity (Wildman–Crippen MR) is 49.4 cm³/mol. The van der Waals surface area contributed by atoms with Crippen LogP contribution in [0.2, 0.25) is 0 Å². The van der Waals surface area contributed by atoms with Crippen LogP contribution < -0.4 is 0 Å². The van der Waals surface area contributed by atoms with Crippen molar-refractivity contribution in [3.05, 3.63) is 18.0 Å². The lowest BCUT2D eigenvalue weighted by molar-refractivity contribution is 0.0906. The minimum atomic E-state index is 0.176. The maximum absolute atomic E-state index is 11.8. The molecule has 0 aromatic carbocycles. The van der Waals surface area contributed by atoms with Crippen LogP contribution in [-0.4, -0.2) is 15.6 Å². The van der Waals surface area contributed by atoms with E-state index in [0.717, 1.165) is 5.69 Å². The van der Waals surface area contributed by atoms with E-state index in [1.54, 1.807) is 16.9 Å². The van der Waals surface area contributed by atoms with Crippen LogP contribution in [0.5, 0.6) is 0 Å².